The van der Waals surface area contributed by atoms with Crippen molar-refractivity contribution in [3.05, 3.63) is 54.2 Å². The summed E-state index contributed by atoms with van der Waals surface area (Å²) in [4.78, 5) is 20.2. The van der Waals surface area contributed by atoms with Crippen LogP contribution in [0.3, 0.4) is 0 Å². The van der Waals surface area contributed by atoms with Gasteiger partial charge in [0.15, 0.2) is 0 Å². The normalized spacial score (nSPS) is 20.9. The third kappa shape index (κ3) is 2.41. The molecule has 0 radical (unpaired) electrons. The van der Waals surface area contributed by atoms with Crippen LogP contribution in [0.15, 0.2) is 42.9 Å². The number of aromatic amines is 1. The summed E-state index contributed by atoms with van der Waals surface area (Å²) >= 11 is 0. The van der Waals surface area contributed by atoms with Crippen LogP contribution in [0, 0.1) is 0 Å². The molecule has 4 rings (SSSR count). The minimum absolute atomic E-state index is 0.0752. The quantitative estimate of drug-likeness (QED) is 0.778. The lowest BCUT2D eigenvalue weighted by molar-refractivity contribution is 0.0780. The number of aryl methyl sites for hydroxylation is 1. The zero-order valence-electron chi connectivity index (χ0n) is 12.8. The van der Waals surface area contributed by atoms with E-state index in [2.05, 4.69) is 15.3 Å². The van der Waals surface area contributed by atoms with E-state index in [0.29, 0.717) is 12.2 Å². The maximum atomic E-state index is 12.7. The summed E-state index contributed by atoms with van der Waals surface area (Å²) in [5.41, 5.74) is 1.51. The van der Waals surface area contributed by atoms with E-state index in [0.717, 1.165) is 23.1 Å². The SMILES string of the molecule is Cn1ccnc1[C@H]1OCC[C@@H]1NC(=O)c1cccc2cc[nH]c12. The van der Waals surface area contributed by atoms with E-state index < -0.39 is 0 Å². The molecule has 3 aromatic rings. The van der Waals surface area contributed by atoms with Crippen molar-refractivity contribution >= 4 is 16.8 Å². The van der Waals surface area contributed by atoms with E-state index >= 15 is 0 Å². The summed E-state index contributed by atoms with van der Waals surface area (Å²) in [5, 5.41) is 4.13. The van der Waals surface area contributed by atoms with Crippen molar-refractivity contribution in [2.24, 2.45) is 7.05 Å². The summed E-state index contributed by atoms with van der Waals surface area (Å²) in [6.07, 6.45) is 6.05. The molecular formula is C17H18N4O2. The molecule has 2 N–H and O–H groups in total. The highest BCUT2D eigenvalue weighted by atomic mass is 16.5. The van der Waals surface area contributed by atoms with Crippen LogP contribution in [-0.2, 0) is 11.8 Å². The molecule has 0 bridgehead atoms. The van der Waals surface area contributed by atoms with Crippen molar-refractivity contribution in [3.8, 4) is 0 Å². The number of hydrogen-bond donors (Lipinski definition) is 2. The number of aromatic nitrogens is 3. The predicted molar refractivity (Wildman–Crippen MR) is 86.1 cm³/mol. The first-order valence-electron chi connectivity index (χ1n) is 7.70. The van der Waals surface area contributed by atoms with Crippen LogP contribution >= 0.6 is 0 Å². The fraction of sp³-hybridized carbons (Fsp3) is 0.294. The molecule has 0 unspecified atom stereocenters. The first-order chi connectivity index (χ1) is 11.2. The zero-order chi connectivity index (χ0) is 15.8. The number of nitrogens with one attached hydrogen (secondary N) is 2. The van der Waals surface area contributed by atoms with Gasteiger partial charge in [-0.05, 0) is 18.6 Å². The number of fused-ring (bicyclic) bond motifs is 1. The molecule has 1 amide bonds. The molecule has 1 saturated heterocycles. The molecule has 1 aliphatic heterocycles. The second-order valence-corrected chi connectivity index (χ2v) is 5.80. The minimum atomic E-state index is -0.207. The molecule has 0 spiro atoms. The highest BCUT2D eigenvalue weighted by molar-refractivity contribution is 6.05. The van der Waals surface area contributed by atoms with Crippen LogP contribution in [0.5, 0.6) is 0 Å². The lowest BCUT2D eigenvalue weighted by Gasteiger charge is -2.19. The third-order valence-corrected chi connectivity index (χ3v) is 4.35. The molecule has 0 saturated carbocycles. The molecule has 6 heteroatoms. The Kier molecular flexibility index (Phi) is 3.38. The summed E-state index contributed by atoms with van der Waals surface area (Å²) in [6, 6.07) is 7.60. The number of H-pyrrole nitrogens is 1. The number of carbonyl (C=O) groups excluding carboxylic acids is 1. The number of imidazole rings is 1. The van der Waals surface area contributed by atoms with Crippen molar-refractivity contribution in [1.82, 2.24) is 19.9 Å². The van der Waals surface area contributed by atoms with Gasteiger partial charge >= 0.3 is 0 Å². The lowest BCUT2D eigenvalue weighted by atomic mass is 10.1. The monoisotopic (exact) mass is 310 g/mol. The average Bonchev–Trinajstić information content (AvgIpc) is 3.26. The van der Waals surface area contributed by atoms with Gasteiger partial charge in [0.1, 0.15) is 11.9 Å². The van der Waals surface area contributed by atoms with Gasteiger partial charge in [0, 0.05) is 37.6 Å². The Labute approximate surface area is 133 Å². The van der Waals surface area contributed by atoms with Crippen molar-refractivity contribution < 1.29 is 9.53 Å². The first-order valence-corrected chi connectivity index (χ1v) is 7.70. The van der Waals surface area contributed by atoms with Gasteiger partial charge in [-0.3, -0.25) is 4.79 Å². The van der Waals surface area contributed by atoms with Gasteiger partial charge in [0.25, 0.3) is 5.91 Å². The lowest BCUT2D eigenvalue weighted by Crippen LogP contribution is -2.37. The highest BCUT2D eigenvalue weighted by Gasteiger charge is 2.33. The Morgan fingerprint density at radius 3 is 3.17 bits per heavy atom. The van der Waals surface area contributed by atoms with Crippen molar-refractivity contribution in [1.29, 1.82) is 0 Å². The molecule has 2 atom stereocenters. The van der Waals surface area contributed by atoms with E-state index in [-0.39, 0.29) is 18.1 Å². The number of para-hydroxylation sites is 1. The van der Waals surface area contributed by atoms with Crippen molar-refractivity contribution in [3.63, 3.8) is 0 Å². The average molecular weight is 310 g/mol. The number of benzene rings is 1. The van der Waals surface area contributed by atoms with Crippen LogP contribution in [-0.4, -0.2) is 33.1 Å². The number of ether oxygens (including phenoxy) is 1. The zero-order valence-corrected chi connectivity index (χ0v) is 12.8. The topological polar surface area (TPSA) is 71.9 Å². The number of rotatable bonds is 3. The Bertz CT molecular complexity index is 851. The Morgan fingerprint density at radius 2 is 2.35 bits per heavy atom. The van der Waals surface area contributed by atoms with E-state index in [9.17, 15) is 4.79 Å². The van der Waals surface area contributed by atoms with Crippen molar-refractivity contribution in [2.75, 3.05) is 6.61 Å². The van der Waals surface area contributed by atoms with Crippen LogP contribution in [0.1, 0.15) is 28.7 Å². The molecular weight excluding hydrogens is 292 g/mol. The van der Waals surface area contributed by atoms with Gasteiger partial charge in [0.2, 0.25) is 0 Å². The third-order valence-electron chi connectivity index (χ3n) is 4.35. The number of nitrogens with zero attached hydrogens (tertiary/aromatic N) is 2. The minimum Gasteiger partial charge on any atom is -0.368 e. The van der Waals surface area contributed by atoms with Gasteiger partial charge in [-0.2, -0.15) is 0 Å². The smallest absolute Gasteiger partial charge is 0.253 e. The molecule has 23 heavy (non-hydrogen) atoms. The maximum Gasteiger partial charge on any atom is 0.253 e. The van der Waals surface area contributed by atoms with E-state index in [1.165, 1.54) is 0 Å². The second-order valence-electron chi connectivity index (χ2n) is 5.80. The Balaban J connectivity index is 1.59. The number of hydrogen-bond acceptors (Lipinski definition) is 3. The number of amides is 1. The fourth-order valence-electron chi connectivity index (χ4n) is 3.16. The summed E-state index contributed by atoms with van der Waals surface area (Å²) in [5.74, 6) is 0.749. The van der Waals surface area contributed by atoms with Gasteiger partial charge in [-0.1, -0.05) is 12.1 Å². The van der Waals surface area contributed by atoms with Gasteiger partial charge < -0.3 is 19.6 Å². The van der Waals surface area contributed by atoms with Crippen LogP contribution in [0.25, 0.3) is 10.9 Å². The van der Waals surface area contributed by atoms with Gasteiger partial charge in [-0.25, -0.2) is 4.98 Å². The Hall–Kier alpha value is -2.60. The maximum absolute atomic E-state index is 12.7. The summed E-state index contributed by atoms with van der Waals surface area (Å²) in [7, 11) is 1.93. The van der Waals surface area contributed by atoms with E-state index in [1.807, 2.05) is 48.3 Å². The van der Waals surface area contributed by atoms with Crippen LogP contribution < -0.4 is 5.32 Å². The Morgan fingerprint density at radius 1 is 1.43 bits per heavy atom. The molecule has 1 aromatic carbocycles. The summed E-state index contributed by atoms with van der Waals surface area (Å²) < 4.78 is 7.73. The fourth-order valence-corrected chi connectivity index (χ4v) is 3.16. The van der Waals surface area contributed by atoms with Crippen LogP contribution in [0.2, 0.25) is 0 Å². The number of carbonyl (C=O) groups is 1. The van der Waals surface area contributed by atoms with Crippen LogP contribution in [0.4, 0.5) is 0 Å². The van der Waals surface area contributed by atoms with Gasteiger partial charge in [0.05, 0.1) is 17.1 Å². The second kappa shape index (κ2) is 5.55. The molecule has 3 heterocycles. The largest absolute Gasteiger partial charge is 0.368 e. The molecule has 1 fully saturated rings. The molecule has 6 nitrogen and oxygen atoms in total. The van der Waals surface area contributed by atoms with E-state index in [1.54, 1.807) is 6.20 Å². The highest BCUT2D eigenvalue weighted by Crippen LogP contribution is 2.28. The standard InChI is InChI=1S/C17H18N4O2/c1-21-9-8-19-16(21)15-13(6-10-23-15)20-17(22)12-4-2-3-11-5-7-18-14(11)12/h2-5,7-9,13,15,18H,6,10H2,1H3,(H,20,22)/t13-,15-/m0/s1. The molecule has 2 aromatic heterocycles. The van der Waals surface area contributed by atoms with Crippen molar-refractivity contribution in [2.45, 2.75) is 18.6 Å². The van der Waals surface area contributed by atoms with E-state index in [4.69, 9.17) is 4.74 Å². The molecule has 118 valence electrons. The molecule has 0 aliphatic carbocycles. The molecule has 1 aliphatic rings. The van der Waals surface area contributed by atoms with Gasteiger partial charge in [-0.15, -0.1) is 0 Å². The summed E-state index contributed by atoms with van der Waals surface area (Å²) in [6.45, 7) is 0.620. The first kappa shape index (κ1) is 14.0. The predicted octanol–water partition coefficient (Wildman–Crippen LogP) is 2.16.